The van der Waals surface area contributed by atoms with Crippen LogP contribution in [0.25, 0.3) is 0 Å². The second kappa shape index (κ2) is 4.07. The standard InChI is InChI=1S/C8H11N3S/c1-6(2)4-10-8-11-5-7(3-9)12-8/h5-6H,4H2,1-2H3,(H,10,11). The molecule has 1 N–H and O–H groups in total. The van der Waals surface area contributed by atoms with Crippen LogP contribution in [0.4, 0.5) is 5.13 Å². The third-order valence-electron chi connectivity index (χ3n) is 1.28. The maximum atomic E-state index is 8.52. The van der Waals surface area contributed by atoms with Gasteiger partial charge in [0.15, 0.2) is 5.13 Å². The Bertz CT molecular complexity index is 285. The summed E-state index contributed by atoms with van der Waals surface area (Å²) in [6.07, 6.45) is 1.59. The molecule has 1 rings (SSSR count). The molecule has 0 bridgehead atoms. The summed E-state index contributed by atoms with van der Waals surface area (Å²) in [7, 11) is 0. The molecule has 0 aromatic carbocycles. The molecule has 0 unspecified atom stereocenters. The van der Waals surface area contributed by atoms with Gasteiger partial charge in [0.05, 0.1) is 6.20 Å². The molecular formula is C8H11N3S. The van der Waals surface area contributed by atoms with E-state index in [1.807, 2.05) is 0 Å². The second-order valence-corrected chi connectivity index (χ2v) is 3.95. The fraction of sp³-hybridized carbons (Fsp3) is 0.500. The number of aromatic nitrogens is 1. The van der Waals surface area contributed by atoms with Gasteiger partial charge in [0, 0.05) is 6.54 Å². The molecule has 4 heteroatoms. The van der Waals surface area contributed by atoms with Crippen LogP contribution in [0, 0.1) is 17.2 Å². The van der Waals surface area contributed by atoms with Gasteiger partial charge in [-0.25, -0.2) is 4.98 Å². The highest BCUT2D eigenvalue weighted by molar-refractivity contribution is 7.16. The van der Waals surface area contributed by atoms with Crippen LogP contribution in [0.2, 0.25) is 0 Å². The molecule has 0 aliphatic rings. The first kappa shape index (κ1) is 9.01. The molecule has 0 amide bonds. The smallest absolute Gasteiger partial charge is 0.183 e. The average molecular weight is 181 g/mol. The minimum Gasteiger partial charge on any atom is -0.361 e. The number of rotatable bonds is 3. The maximum Gasteiger partial charge on any atom is 0.183 e. The van der Waals surface area contributed by atoms with Gasteiger partial charge < -0.3 is 5.32 Å². The third kappa shape index (κ3) is 2.51. The monoisotopic (exact) mass is 181 g/mol. The molecule has 1 heterocycles. The van der Waals surface area contributed by atoms with Gasteiger partial charge in [0.2, 0.25) is 0 Å². The van der Waals surface area contributed by atoms with E-state index in [-0.39, 0.29) is 0 Å². The fourth-order valence-electron chi connectivity index (χ4n) is 0.699. The molecule has 0 fully saturated rings. The highest BCUT2D eigenvalue weighted by Gasteiger charge is 2.00. The van der Waals surface area contributed by atoms with Crippen molar-refractivity contribution in [2.45, 2.75) is 13.8 Å². The van der Waals surface area contributed by atoms with E-state index in [1.54, 1.807) is 6.20 Å². The number of nitriles is 1. The van der Waals surface area contributed by atoms with Crippen LogP contribution in [0.15, 0.2) is 6.20 Å². The van der Waals surface area contributed by atoms with Gasteiger partial charge in [-0.2, -0.15) is 5.26 Å². The predicted octanol–water partition coefficient (Wildman–Crippen LogP) is 2.08. The van der Waals surface area contributed by atoms with Crippen molar-refractivity contribution in [2.75, 3.05) is 11.9 Å². The Morgan fingerprint density at radius 1 is 1.75 bits per heavy atom. The van der Waals surface area contributed by atoms with Crippen molar-refractivity contribution in [2.24, 2.45) is 5.92 Å². The summed E-state index contributed by atoms with van der Waals surface area (Å²) >= 11 is 1.39. The van der Waals surface area contributed by atoms with Crippen LogP contribution in [-0.2, 0) is 0 Å². The molecule has 0 saturated heterocycles. The zero-order valence-electron chi connectivity index (χ0n) is 7.16. The largest absolute Gasteiger partial charge is 0.361 e. The van der Waals surface area contributed by atoms with Gasteiger partial charge in [-0.15, -0.1) is 0 Å². The van der Waals surface area contributed by atoms with Crippen molar-refractivity contribution in [3.63, 3.8) is 0 Å². The van der Waals surface area contributed by atoms with Crippen molar-refractivity contribution in [1.82, 2.24) is 4.98 Å². The highest BCUT2D eigenvalue weighted by Crippen LogP contribution is 2.16. The first-order valence-corrected chi connectivity index (χ1v) is 4.64. The summed E-state index contributed by atoms with van der Waals surface area (Å²) in [6, 6.07) is 2.05. The number of nitrogens with zero attached hydrogens (tertiary/aromatic N) is 2. The number of hydrogen-bond acceptors (Lipinski definition) is 4. The molecule has 0 aliphatic heterocycles. The van der Waals surface area contributed by atoms with Crippen molar-refractivity contribution in [3.05, 3.63) is 11.1 Å². The maximum absolute atomic E-state index is 8.52. The molecule has 0 radical (unpaired) electrons. The van der Waals surface area contributed by atoms with E-state index in [9.17, 15) is 0 Å². The van der Waals surface area contributed by atoms with E-state index in [1.165, 1.54) is 11.3 Å². The van der Waals surface area contributed by atoms with E-state index in [2.05, 4.69) is 30.2 Å². The normalized spacial score (nSPS) is 9.83. The minimum atomic E-state index is 0.597. The summed E-state index contributed by atoms with van der Waals surface area (Å²) in [5.41, 5.74) is 0. The Kier molecular flexibility index (Phi) is 3.06. The van der Waals surface area contributed by atoms with Crippen molar-refractivity contribution < 1.29 is 0 Å². The van der Waals surface area contributed by atoms with Gasteiger partial charge in [-0.3, -0.25) is 0 Å². The molecule has 3 nitrogen and oxygen atoms in total. The van der Waals surface area contributed by atoms with E-state index in [4.69, 9.17) is 5.26 Å². The molecule has 1 aromatic heterocycles. The Morgan fingerprint density at radius 3 is 3.00 bits per heavy atom. The SMILES string of the molecule is CC(C)CNc1ncc(C#N)s1. The van der Waals surface area contributed by atoms with Crippen LogP contribution in [-0.4, -0.2) is 11.5 Å². The van der Waals surface area contributed by atoms with E-state index >= 15 is 0 Å². The number of thiazole rings is 1. The lowest BCUT2D eigenvalue weighted by atomic mass is 10.2. The first-order chi connectivity index (χ1) is 5.72. The predicted molar refractivity (Wildman–Crippen MR) is 50.2 cm³/mol. The lowest BCUT2D eigenvalue weighted by molar-refractivity contribution is 0.688. The summed E-state index contributed by atoms with van der Waals surface area (Å²) in [4.78, 5) is 4.70. The summed E-state index contributed by atoms with van der Waals surface area (Å²) in [6.45, 7) is 5.16. The zero-order valence-corrected chi connectivity index (χ0v) is 7.98. The van der Waals surface area contributed by atoms with Crippen LogP contribution >= 0.6 is 11.3 Å². The lowest BCUT2D eigenvalue weighted by Crippen LogP contribution is -2.07. The quantitative estimate of drug-likeness (QED) is 0.776. The van der Waals surface area contributed by atoms with Crippen LogP contribution in [0.5, 0.6) is 0 Å². The average Bonchev–Trinajstić information content (AvgIpc) is 2.48. The number of nitrogens with one attached hydrogen (secondary N) is 1. The lowest BCUT2D eigenvalue weighted by Gasteiger charge is -2.03. The van der Waals surface area contributed by atoms with Gasteiger partial charge in [-0.05, 0) is 5.92 Å². The van der Waals surface area contributed by atoms with Crippen molar-refractivity contribution >= 4 is 16.5 Å². The summed E-state index contributed by atoms with van der Waals surface area (Å²) < 4.78 is 0. The zero-order chi connectivity index (χ0) is 8.97. The molecule has 12 heavy (non-hydrogen) atoms. The van der Waals surface area contributed by atoms with Crippen LogP contribution < -0.4 is 5.32 Å². The Hall–Kier alpha value is -1.08. The molecule has 0 atom stereocenters. The van der Waals surface area contributed by atoms with E-state index < -0.39 is 0 Å². The highest BCUT2D eigenvalue weighted by atomic mass is 32.1. The summed E-state index contributed by atoms with van der Waals surface area (Å²) in [5, 5.41) is 12.5. The third-order valence-corrected chi connectivity index (χ3v) is 2.14. The van der Waals surface area contributed by atoms with Crippen molar-refractivity contribution in [1.29, 1.82) is 5.26 Å². The Labute approximate surface area is 76.1 Å². The summed E-state index contributed by atoms with van der Waals surface area (Å²) in [5.74, 6) is 0.597. The molecular weight excluding hydrogens is 170 g/mol. The Morgan fingerprint density at radius 2 is 2.50 bits per heavy atom. The molecule has 64 valence electrons. The fourth-order valence-corrected chi connectivity index (χ4v) is 1.32. The topological polar surface area (TPSA) is 48.7 Å². The minimum absolute atomic E-state index is 0.597. The van der Waals surface area contributed by atoms with Crippen LogP contribution in [0.3, 0.4) is 0 Å². The van der Waals surface area contributed by atoms with Gasteiger partial charge >= 0.3 is 0 Å². The van der Waals surface area contributed by atoms with E-state index in [0.29, 0.717) is 10.8 Å². The molecule has 0 aliphatic carbocycles. The van der Waals surface area contributed by atoms with Gasteiger partial charge in [-0.1, -0.05) is 25.2 Å². The van der Waals surface area contributed by atoms with Gasteiger partial charge in [0.25, 0.3) is 0 Å². The molecule has 1 aromatic rings. The van der Waals surface area contributed by atoms with Crippen molar-refractivity contribution in [3.8, 4) is 6.07 Å². The van der Waals surface area contributed by atoms with Gasteiger partial charge in [0.1, 0.15) is 10.9 Å². The number of anilines is 1. The Balaban J connectivity index is 2.48. The van der Waals surface area contributed by atoms with Crippen LogP contribution in [0.1, 0.15) is 18.7 Å². The molecule has 0 spiro atoms. The molecule has 0 saturated carbocycles. The van der Waals surface area contributed by atoms with E-state index in [0.717, 1.165) is 11.7 Å². The second-order valence-electron chi connectivity index (χ2n) is 2.92. The first-order valence-electron chi connectivity index (χ1n) is 3.82. The number of hydrogen-bond donors (Lipinski definition) is 1.